The minimum atomic E-state index is -1.13. The maximum absolute atomic E-state index is 10.5. The molecule has 0 aromatic rings. The molecule has 0 aromatic heterocycles. The van der Waals surface area contributed by atoms with Crippen LogP contribution < -0.4 is 0 Å². The van der Waals surface area contributed by atoms with Crippen molar-refractivity contribution in [2.24, 2.45) is 0 Å². The summed E-state index contributed by atoms with van der Waals surface area (Å²) in [5, 5.41) is 26.2. The van der Waals surface area contributed by atoms with Crippen LogP contribution in [-0.4, -0.2) is 40.1 Å². The lowest BCUT2D eigenvalue weighted by Gasteiger charge is -2.22. The average Bonchev–Trinajstić information content (AvgIpc) is 1.97. The first-order valence-electron chi connectivity index (χ1n) is 3.06. The number of rotatable bonds is 1. The summed E-state index contributed by atoms with van der Waals surface area (Å²) in [5.74, 6) is -1.54. The molecule has 0 saturated carbocycles. The molecule has 5 nitrogen and oxygen atoms in total. The van der Waals surface area contributed by atoms with Crippen LogP contribution in [0.5, 0.6) is 0 Å². The maximum Gasteiger partial charge on any atom is 0.373 e. The molecule has 1 heterocycles. The van der Waals surface area contributed by atoms with Gasteiger partial charge in [-0.1, -0.05) is 0 Å². The largest absolute Gasteiger partial charge is 0.502 e. The Balaban J connectivity index is 2.75. The molecule has 0 unspecified atom stereocenters. The van der Waals surface area contributed by atoms with Gasteiger partial charge >= 0.3 is 5.97 Å². The predicted molar refractivity (Wildman–Crippen MR) is 33.7 cm³/mol. The van der Waals surface area contributed by atoms with Gasteiger partial charge in [-0.3, -0.25) is 0 Å². The molecule has 0 bridgehead atoms. The van der Waals surface area contributed by atoms with Gasteiger partial charge in [0, 0.05) is 0 Å². The predicted octanol–water partition coefficient (Wildman–Crippen LogP) is -1.29. The van der Waals surface area contributed by atoms with Crippen molar-refractivity contribution in [1.82, 2.24) is 0 Å². The van der Waals surface area contributed by atoms with Crippen LogP contribution in [0.15, 0.2) is 11.8 Å². The van der Waals surface area contributed by atoms with Crippen molar-refractivity contribution >= 4 is 5.97 Å². The zero-order valence-corrected chi connectivity index (χ0v) is 5.60. The van der Waals surface area contributed by atoms with Crippen LogP contribution in [0.25, 0.3) is 0 Å². The first-order chi connectivity index (χ1) is 5.15. The first-order valence-corrected chi connectivity index (χ1v) is 3.06. The summed E-state index contributed by atoms with van der Waals surface area (Å²) in [4.78, 5) is 10.5. The molecule has 62 valence electrons. The lowest BCUT2D eigenvalue weighted by molar-refractivity contribution is -0.157. The standard InChI is InChI=1S/C6H8O5/c7-2-5-3(8)1-4(9)6(10)11-5/h1,3,5,7-9H,2H2/t3-,5+/m0/s1. The number of ether oxygens (including phenoxy) is 1. The Hall–Kier alpha value is -1.07. The Morgan fingerprint density at radius 3 is 2.82 bits per heavy atom. The number of aliphatic hydroxyl groups is 3. The highest BCUT2D eigenvalue weighted by molar-refractivity contribution is 5.86. The highest BCUT2D eigenvalue weighted by Gasteiger charge is 2.29. The molecule has 0 amide bonds. The molecule has 0 aromatic carbocycles. The lowest BCUT2D eigenvalue weighted by atomic mass is 10.1. The molecule has 5 heteroatoms. The van der Waals surface area contributed by atoms with Gasteiger partial charge in [0.2, 0.25) is 5.76 Å². The van der Waals surface area contributed by atoms with Crippen molar-refractivity contribution in [3.63, 3.8) is 0 Å². The maximum atomic E-state index is 10.5. The van der Waals surface area contributed by atoms with Crippen molar-refractivity contribution in [2.45, 2.75) is 12.2 Å². The Labute approximate surface area is 62.5 Å². The molecule has 3 N–H and O–H groups in total. The van der Waals surface area contributed by atoms with Crippen molar-refractivity contribution in [3.8, 4) is 0 Å². The second kappa shape index (κ2) is 2.89. The monoisotopic (exact) mass is 160 g/mol. The molecule has 1 aliphatic heterocycles. The highest BCUT2D eigenvalue weighted by atomic mass is 16.6. The van der Waals surface area contributed by atoms with Crippen LogP contribution in [-0.2, 0) is 9.53 Å². The van der Waals surface area contributed by atoms with Crippen LogP contribution in [0.3, 0.4) is 0 Å². The molecule has 1 aliphatic rings. The minimum Gasteiger partial charge on any atom is -0.502 e. The highest BCUT2D eigenvalue weighted by Crippen LogP contribution is 2.11. The molecule has 0 radical (unpaired) electrons. The molecule has 0 saturated heterocycles. The van der Waals surface area contributed by atoms with Gasteiger partial charge in [0.15, 0.2) is 6.10 Å². The summed E-state index contributed by atoms with van der Waals surface area (Å²) < 4.78 is 4.40. The second-order valence-electron chi connectivity index (χ2n) is 2.17. The third kappa shape index (κ3) is 1.50. The molecular weight excluding hydrogens is 152 g/mol. The van der Waals surface area contributed by atoms with Gasteiger partial charge in [-0.05, 0) is 6.08 Å². The number of hydrogen-bond acceptors (Lipinski definition) is 5. The Morgan fingerprint density at radius 1 is 1.64 bits per heavy atom. The van der Waals surface area contributed by atoms with Gasteiger partial charge < -0.3 is 20.1 Å². The van der Waals surface area contributed by atoms with E-state index in [0.29, 0.717) is 0 Å². The Kier molecular flexibility index (Phi) is 2.11. The summed E-state index contributed by atoms with van der Waals surface area (Å²) in [5.41, 5.74) is 0. The van der Waals surface area contributed by atoms with Gasteiger partial charge in [0.1, 0.15) is 6.10 Å². The van der Waals surface area contributed by atoms with Gasteiger partial charge in [-0.2, -0.15) is 0 Å². The van der Waals surface area contributed by atoms with E-state index in [2.05, 4.69) is 4.74 Å². The SMILES string of the molecule is O=C1O[C@H](CO)[C@@H](O)C=C1O. The fourth-order valence-corrected chi connectivity index (χ4v) is 0.750. The van der Waals surface area contributed by atoms with Crippen molar-refractivity contribution in [3.05, 3.63) is 11.8 Å². The van der Waals surface area contributed by atoms with E-state index in [9.17, 15) is 4.79 Å². The Morgan fingerprint density at radius 2 is 2.27 bits per heavy atom. The van der Waals surface area contributed by atoms with Gasteiger partial charge in [0.25, 0.3) is 0 Å². The third-order valence-electron chi connectivity index (χ3n) is 1.36. The quantitative estimate of drug-likeness (QED) is 0.415. The van der Waals surface area contributed by atoms with Gasteiger partial charge in [-0.25, -0.2) is 4.79 Å². The van der Waals surface area contributed by atoms with Crippen molar-refractivity contribution in [2.75, 3.05) is 6.61 Å². The van der Waals surface area contributed by atoms with E-state index in [0.717, 1.165) is 6.08 Å². The third-order valence-corrected chi connectivity index (χ3v) is 1.36. The average molecular weight is 160 g/mol. The normalized spacial score (nSPS) is 31.1. The summed E-state index contributed by atoms with van der Waals surface area (Å²) >= 11 is 0. The van der Waals surface area contributed by atoms with Crippen LogP contribution in [0, 0.1) is 0 Å². The van der Waals surface area contributed by atoms with E-state index in [1.807, 2.05) is 0 Å². The number of carbonyl (C=O) groups is 1. The van der Waals surface area contributed by atoms with Gasteiger partial charge in [0.05, 0.1) is 6.61 Å². The van der Waals surface area contributed by atoms with E-state index in [-0.39, 0.29) is 0 Å². The zero-order chi connectivity index (χ0) is 8.43. The zero-order valence-electron chi connectivity index (χ0n) is 5.60. The van der Waals surface area contributed by atoms with E-state index in [4.69, 9.17) is 15.3 Å². The molecule has 11 heavy (non-hydrogen) atoms. The number of esters is 1. The van der Waals surface area contributed by atoms with E-state index >= 15 is 0 Å². The molecule has 1 rings (SSSR count). The number of carbonyl (C=O) groups excluding carboxylic acids is 1. The fourth-order valence-electron chi connectivity index (χ4n) is 0.750. The summed E-state index contributed by atoms with van der Waals surface area (Å²) in [6.45, 7) is -0.462. The number of hydrogen-bond donors (Lipinski definition) is 3. The van der Waals surface area contributed by atoms with Crippen molar-refractivity contribution < 1.29 is 24.9 Å². The van der Waals surface area contributed by atoms with Crippen LogP contribution >= 0.6 is 0 Å². The van der Waals surface area contributed by atoms with E-state index < -0.39 is 30.5 Å². The van der Waals surface area contributed by atoms with E-state index in [1.54, 1.807) is 0 Å². The van der Waals surface area contributed by atoms with Crippen LogP contribution in [0.4, 0.5) is 0 Å². The topological polar surface area (TPSA) is 87.0 Å². The second-order valence-corrected chi connectivity index (χ2v) is 2.17. The number of cyclic esters (lactones) is 1. The molecule has 2 atom stereocenters. The summed E-state index contributed by atoms with van der Waals surface area (Å²) in [6.07, 6.45) is -1.15. The molecule has 0 aliphatic carbocycles. The summed E-state index contributed by atoms with van der Waals surface area (Å²) in [7, 11) is 0. The number of aliphatic hydroxyl groups excluding tert-OH is 3. The van der Waals surface area contributed by atoms with Gasteiger partial charge in [-0.15, -0.1) is 0 Å². The van der Waals surface area contributed by atoms with Crippen molar-refractivity contribution in [1.29, 1.82) is 0 Å². The van der Waals surface area contributed by atoms with Crippen LogP contribution in [0.1, 0.15) is 0 Å². The van der Waals surface area contributed by atoms with Crippen LogP contribution in [0.2, 0.25) is 0 Å². The molecular formula is C6H8O5. The lowest BCUT2D eigenvalue weighted by Crippen LogP contribution is -2.37. The fraction of sp³-hybridized carbons (Fsp3) is 0.500. The smallest absolute Gasteiger partial charge is 0.373 e. The minimum absolute atomic E-state index is 0.462. The Bertz CT molecular complexity index is 197. The summed E-state index contributed by atoms with van der Waals surface area (Å²) in [6, 6.07) is 0. The first kappa shape index (κ1) is 8.03. The molecule has 0 fully saturated rings. The van der Waals surface area contributed by atoms with E-state index in [1.165, 1.54) is 0 Å². The molecule has 0 spiro atoms.